The van der Waals surface area contributed by atoms with Crippen LogP contribution in [-0.4, -0.2) is 59.7 Å². The van der Waals surface area contributed by atoms with Gasteiger partial charge in [-0.05, 0) is 55.1 Å². The molecule has 1 radical (unpaired) electrons. The average Bonchev–Trinajstić information content (AvgIpc) is 2.80. The van der Waals surface area contributed by atoms with E-state index in [1.54, 1.807) is 0 Å². The van der Waals surface area contributed by atoms with Crippen molar-refractivity contribution in [3.63, 3.8) is 0 Å². The lowest BCUT2D eigenvalue weighted by Gasteiger charge is -2.27. The van der Waals surface area contributed by atoms with Gasteiger partial charge in [-0.2, -0.15) is 0 Å². The number of benzene rings is 2. The first-order valence-electron chi connectivity index (χ1n) is 11.0. The maximum absolute atomic E-state index is 6.37. The summed E-state index contributed by atoms with van der Waals surface area (Å²) in [6.07, 6.45) is 2.37. The summed E-state index contributed by atoms with van der Waals surface area (Å²) in [5, 5.41) is 1.14. The van der Waals surface area contributed by atoms with E-state index in [0.717, 1.165) is 67.6 Å². The SMILES string of the molecule is C=C(c1ccccc1)c1ccc([Si](OCC)OC(C)CCCN2CCOCC2)cc1. The van der Waals surface area contributed by atoms with Crippen LogP contribution in [0.25, 0.3) is 5.57 Å². The smallest absolute Gasteiger partial charge is 0.390 e. The number of ether oxygens (including phenoxy) is 1. The molecule has 2 aromatic rings. The molecule has 1 fully saturated rings. The number of hydrogen-bond acceptors (Lipinski definition) is 4. The Balaban J connectivity index is 1.53. The van der Waals surface area contributed by atoms with Crippen LogP contribution in [0.4, 0.5) is 0 Å². The average molecular weight is 425 g/mol. The van der Waals surface area contributed by atoms with Crippen LogP contribution in [-0.2, 0) is 13.6 Å². The van der Waals surface area contributed by atoms with Gasteiger partial charge in [-0.15, -0.1) is 0 Å². The summed E-state index contributed by atoms with van der Waals surface area (Å²) in [5.74, 6) is 0. The zero-order valence-corrected chi connectivity index (χ0v) is 19.3. The Hall–Kier alpha value is -1.76. The van der Waals surface area contributed by atoms with E-state index in [4.69, 9.17) is 13.6 Å². The monoisotopic (exact) mass is 424 g/mol. The summed E-state index contributed by atoms with van der Waals surface area (Å²) in [6.45, 7) is 14.0. The second kappa shape index (κ2) is 12.2. The molecule has 161 valence electrons. The van der Waals surface area contributed by atoms with Crippen molar-refractivity contribution in [2.45, 2.75) is 32.8 Å². The molecule has 0 aliphatic carbocycles. The molecule has 0 saturated carbocycles. The Bertz CT molecular complexity index is 760. The van der Waals surface area contributed by atoms with E-state index in [1.807, 2.05) is 25.1 Å². The fraction of sp³-hybridized carbons (Fsp3) is 0.440. The van der Waals surface area contributed by atoms with E-state index in [-0.39, 0.29) is 6.10 Å². The predicted octanol–water partition coefficient (Wildman–Crippen LogP) is 4.00. The van der Waals surface area contributed by atoms with Crippen molar-refractivity contribution in [1.29, 1.82) is 0 Å². The van der Waals surface area contributed by atoms with Crippen molar-refractivity contribution >= 4 is 20.0 Å². The van der Waals surface area contributed by atoms with Crippen molar-refractivity contribution < 1.29 is 13.6 Å². The third kappa shape index (κ3) is 6.89. The topological polar surface area (TPSA) is 30.9 Å². The quantitative estimate of drug-likeness (QED) is 0.510. The van der Waals surface area contributed by atoms with Crippen molar-refractivity contribution in [2.24, 2.45) is 0 Å². The summed E-state index contributed by atoms with van der Waals surface area (Å²) >= 11 is 0. The van der Waals surface area contributed by atoms with Gasteiger partial charge in [-0.25, -0.2) is 0 Å². The zero-order valence-electron chi connectivity index (χ0n) is 18.3. The highest BCUT2D eigenvalue weighted by molar-refractivity contribution is 6.61. The van der Waals surface area contributed by atoms with Crippen LogP contribution >= 0.6 is 0 Å². The molecule has 3 rings (SSSR count). The molecule has 0 spiro atoms. The lowest BCUT2D eigenvalue weighted by molar-refractivity contribution is 0.0356. The van der Waals surface area contributed by atoms with E-state index in [1.165, 1.54) is 0 Å². The van der Waals surface area contributed by atoms with Gasteiger partial charge >= 0.3 is 9.28 Å². The first-order valence-corrected chi connectivity index (χ1v) is 12.3. The molecule has 5 heteroatoms. The van der Waals surface area contributed by atoms with Crippen LogP contribution < -0.4 is 5.19 Å². The van der Waals surface area contributed by atoms with E-state index in [2.05, 4.69) is 54.8 Å². The molecule has 0 N–H and O–H groups in total. The van der Waals surface area contributed by atoms with Gasteiger partial charge in [0.2, 0.25) is 0 Å². The Morgan fingerprint density at radius 3 is 2.40 bits per heavy atom. The van der Waals surface area contributed by atoms with Crippen LogP contribution in [0.1, 0.15) is 37.8 Å². The first-order chi connectivity index (χ1) is 14.7. The molecule has 2 aromatic carbocycles. The van der Waals surface area contributed by atoms with Crippen molar-refractivity contribution in [3.05, 3.63) is 72.3 Å². The summed E-state index contributed by atoms with van der Waals surface area (Å²) in [5.41, 5.74) is 3.30. The highest BCUT2D eigenvalue weighted by Gasteiger charge is 2.22. The molecule has 4 nitrogen and oxygen atoms in total. The molecule has 1 saturated heterocycles. The maximum atomic E-state index is 6.37. The fourth-order valence-corrected chi connectivity index (χ4v) is 5.15. The lowest BCUT2D eigenvalue weighted by Crippen LogP contribution is -2.40. The third-order valence-electron chi connectivity index (χ3n) is 5.36. The molecule has 0 bridgehead atoms. The lowest BCUT2D eigenvalue weighted by atomic mass is 10.00. The number of morpholine rings is 1. The Kier molecular flexibility index (Phi) is 9.30. The zero-order chi connectivity index (χ0) is 21.2. The van der Waals surface area contributed by atoms with Gasteiger partial charge in [0.25, 0.3) is 0 Å². The van der Waals surface area contributed by atoms with Crippen LogP contribution in [0.15, 0.2) is 61.2 Å². The van der Waals surface area contributed by atoms with Crippen LogP contribution in [0.5, 0.6) is 0 Å². The normalized spacial score (nSPS) is 16.0. The number of hydrogen-bond donors (Lipinski definition) is 0. The molecule has 1 aliphatic heterocycles. The second-order valence-corrected chi connectivity index (χ2v) is 9.34. The minimum atomic E-state index is -1.50. The summed E-state index contributed by atoms with van der Waals surface area (Å²) < 4.78 is 17.8. The van der Waals surface area contributed by atoms with Crippen LogP contribution in [0.2, 0.25) is 0 Å². The Labute approximate surface area is 183 Å². The Morgan fingerprint density at radius 1 is 1.07 bits per heavy atom. The molecule has 0 amide bonds. The number of nitrogens with zero attached hydrogens (tertiary/aromatic N) is 1. The summed E-state index contributed by atoms with van der Waals surface area (Å²) in [7, 11) is -1.50. The van der Waals surface area contributed by atoms with E-state index in [9.17, 15) is 0 Å². The summed E-state index contributed by atoms with van der Waals surface area (Å²) in [4.78, 5) is 2.48. The third-order valence-corrected chi connectivity index (χ3v) is 7.34. The highest BCUT2D eigenvalue weighted by atomic mass is 28.3. The van der Waals surface area contributed by atoms with Crippen molar-refractivity contribution in [1.82, 2.24) is 4.90 Å². The number of rotatable bonds is 11. The highest BCUT2D eigenvalue weighted by Crippen LogP contribution is 2.20. The van der Waals surface area contributed by atoms with Crippen LogP contribution in [0.3, 0.4) is 0 Å². The van der Waals surface area contributed by atoms with Gasteiger partial charge in [0.1, 0.15) is 0 Å². The Morgan fingerprint density at radius 2 is 1.73 bits per heavy atom. The van der Waals surface area contributed by atoms with E-state index >= 15 is 0 Å². The van der Waals surface area contributed by atoms with Gasteiger partial charge < -0.3 is 13.6 Å². The summed E-state index contributed by atoms with van der Waals surface area (Å²) in [6, 6.07) is 18.8. The largest absolute Gasteiger partial charge is 0.423 e. The van der Waals surface area contributed by atoms with E-state index < -0.39 is 9.28 Å². The molecule has 0 aromatic heterocycles. The molecule has 1 heterocycles. The van der Waals surface area contributed by atoms with Gasteiger partial charge in [-0.1, -0.05) is 61.2 Å². The fourth-order valence-electron chi connectivity index (χ4n) is 3.60. The second-order valence-electron chi connectivity index (χ2n) is 7.67. The standard InChI is InChI=1S/C25H34NO3Si/c1-4-28-30(29-21(2)9-8-16-26-17-19-27-20-18-26)25-14-12-24(13-15-25)22(3)23-10-6-5-7-11-23/h5-7,10-15,21H,3-4,8-9,16-20H2,1-2H3. The van der Waals surface area contributed by atoms with Crippen LogP contribution in [0, 0.1) is 0 Å². The van der Waals surface area contributed by atoms with Gasteiger partial charge in [-0.3, -0.25) is 4.90 Å². The molecule has 1 atom stereocenters. The molecular weight excluding hydrogens is 390 g/mol. The molecular formula is C25H34NO3Si. The first kappa shape index (κ1) is 22.9. The predicted molar refractivity (Wildman–Crippen MR) is 125 cm³/mol. The van der Waals surface area contributed by atoms with Crippen molar-refractivity contribution in [3.8, 4) is 0 Å². The van der Waals surface area contributed by atoms with Crippen molar-refractivity contribution in [2.75, 3.05) is 39.5 Å². The minimum Gasteiger partial charge on any atom is -0.390 e. The molecule has 1 unspecified atom stereocenters. The molecule has 1 aliphatic rings. The van der Waals surface area contributed by atoms with Gasteiger partial charge in [0, 0.05) is 25.8 Å². The maximum Gasteiger partial charge on any atom is 0.423 e. The molecule has 30 heavy (non-hydrogen) atoms. The minimum absolute atomic E-state index is 0.186. The van der Waals surface area contributed by atoms with Gasteiger partial charge in [0.05, 0.1) is 13.2 Å². The van der Waals surface area contributed by atoms with Gasteiger partial charge in [0.15, 0.2) is 0 Å². The van der Waals surface area contributed by atoms with E-state index in [0.29, 0.717) is 6.61 Å².